The highest BCUT2D eigenvalue weighted by Gasteiger charge is 2.58. The Morgan fingerprint density at radius 1 is 0.952 bits per heavy atom. The predicted molar refractivity (Wildman–Crippen MR) is 78.6 cm³/mol. The molecule has 5 rings (SSSR count). The minimum atomic E-state index is -0.0763. The van der Waals surface area contributed by atoms with Crippen LogP contribution in [0.2, 0.25) is 0 Å². The van der Waals surface area contributed by atoms with Crippen molar-refractivity contribution >= 4 is 17.6 Å². The van der Waals surface area contributed by atoms with Crippen LogP contribution in [0.1, 0.15) is 36.9 Å². The van der Waals surface area contributed by atoms with E-state index < -0.39 is 0 Å². The average molecular weight is 284 g/mol. The Hall–Kier alpha value is -1.71. The van der Waals surface area contributed by atoms with Gasteiger partial charge in [-0.15, -0.1) is 0 Å². The molecular formula is C17H20N2O2. The number of carbonyl (C=O) groups excluding carboxylic acids is 2. The van der Waals surface area contributed by atoms with E-state index >= 15 is 0 Å². The summed E-state index contributed by atoms with van der Waals surface area (Å²) in [5.74, 6) is 1.19. The van der Waals surface area contributed by atoms with Gasteiger partial charge >= 0.3 is 0 Å². The van der Waals surface area contributed by atoms with Gasteiger partial charge in [-0.05, 0) is 69.1 Å². The van der Waals surface area contributed by atoms with Crippen LogP contribution in [0.25, 0.3) is 0 Å². The van der Waals surface area contributed by atoms with Gasteiger partial charge in [-0.2, -0.15) is 0 Å². The average Bonchev–Trinajstić information content (AvgIpc) is 2.73. The molecule has 0 radical (unpaired) electrons. The number of nitrogens with zero attached hydrogens (tertiary/aromatic N) is 2. The number of pyridine rings is 1. The third-order valence-corrected chi connectivity index (χ3v) is 5.54. The SMILES string of the molecule is Cc1cc(C)nc(N2C(=O)[C@@H]3C4CCC(CC4)[C@H]3C2=O)c1. The first-order valence-electron chi connectivity index (χ1n) is 7.89. The van der Waals surface area contributed by atoms with Crippen LogP contribution in [0.5, 0.6) is 0 Å². The van der Waals surface area contributed by atoms with E-state index in [-0.39, 0.29) is 23.7 Å². The lowest BCUT2D eigenvalue weighted by atomic mass is 9.59. The number of hydrogen-bond acceptors (Lipinski definition) is 3. The summed E-state index contributed by atoms with van der Waals surface area (Å²) in [6.07, 6.45) is 4.44. The molecule has 1 aromatic rings. The monoisotopic (exact) mass is 284 g/mol. The second-order valence-electron chi connectivity index (χ2n) is 6.88. The van der Waals surface area contributed by atoms with Crippen molar-refractivity contribution in [2.75, 3.05) is 4.90 Å². The van der Waals surface area contributed by atoms with E-state index in [1.807, 2.05) is 26.0 Å². The highest BCUT2D eigenvalue weighted by Crippen LogP contribution is 2.53. The molecule has 2 amide bonds. The summed E-state index contributed by atoms with van der Waals surface area (Å²) in [5.41, 5.74) is 1.89. The fourth-order valence-electron chi connectivity index (χ4n) is 4.73. The second kappa shape index (κ2) is 4.39. The normalized spacial score (nSPS) is 34.5. The third kappa shape index (κ3) is 1.78. The van der Waals surface area contributed by atoms with E-state index in [0.29, 0.717) is 17.7 Å². The van der Waals surface area contributed by atoms with Gasteiger partial charge in [0, 0.05) is 5.69 Å². The number of aryl methyl sites for hydroxylation is 2. The maximum Gasteiger partial charge on any atom is 0.239 e. The van der Waals surface area contributed by atoms with Gasteiger partial charge in [0.05, 0.1) is 11.8 Å². The molecule has 0 unspecified atom stereocenters. The fourth-order valence-corrected chi connectivity index (χ4v) is 4.73. The maximum absolute atomic E-state index is 12.8. The molecule has 1 aliphatic heterocycles. The van der Waals surface area contributed by atoms with Crippen LogP contribution in [0.4, 0.5) is 5.82 Å². The first-order valence-corrected chi connectivity index (χ1v) is 7.89. The van der Waals surface area contributed by atoms with Crippen LogP contribution in [0.15, 0.2) is 12.1 Å². The van der Waals surface area contributed by atoms with E-state index in [2.05, 4.69) is 4.98 Å². The fraction of sp³-hybridized carbons (Fsp3) is 0.588. The molecular weight excluding hydrogens is 264 g/mol. The molecule has 1 saturated heterocycles. The lowest BCUT2D eigenvalue weighted by molar-refractivity contribution is -0.129. The van der Waals surface area contributed by atoms with Gasteiger partial charge in [-0.1, -0.05) is 0 Å². The molecule has 4 heteroatoms. The van der Waals surface area contributed by atoms with Crippen LogP contribution < -0.4 is 4.90 Å². The zero-order chi connectivity index (χ0) is 14.7. The number of carbonyl (C=O) groups is 2. The highest BCUT2D eigenvalue weighted by molar-refractivity contribution is 6.22. The van der Waals surface area contributed by atoms with Gasteiger partial charge in [0.1, 0.15) is 5.82 Å². The van der Waals surface area contributed by atoms with Crippen molar-refractivity contribution in [3.05, 3.63) is 23.4 Å². The molecule has 4 nitrogen and oxygen atoms in total. The molecule has 2 bridgehead atoms. The number of aromatic nitrogens is 1. The van der Waals surface area contributed by atoms with Crippen molar-refractivity contribution < 1.29 is 9.59 Å². The minimum absolute atomic E-state index is 0.00287. The summed E-state index contributed by atoms with van der Waals surface area (Å²) in [7, 11) is 0. The van der Waals surface area contributed by atoms with Crippen LogP contribution >= 0.6 is 0 Å². The van der Waals surface area contributed by atoms with E-state index in [1.165, 1.54) is 4.90 Å². The molecule has 3 aliphatic carbocycles. The number of amides is 2. The largest absolute Gasteiger partial charge is 0.274 e. The molecule has 3 saturated carbocycles. The standard InChI is InChI=1S/C17H20N2O2/c1-9-7-10(2)18-13(8-9)19-16(20)14-11-3-4-12(6-5-11)15(14)17(19)21/h7-8,11-12,14-15H,3-6H2,1-2H3/t11?,12?,14-,15-/m1/s1. The predicted octanol–water partition coefficient (Wildman–Crippen LogP) is 2.62. The van der Waals surface area contributed by atoms with Crippen molar-refractivity contribution in [3.8, 4) is 0 Å². The number of fused-ring (bicyclic) bond motifs is 2. The lowest BCUT2D eigenvalue weighted by Crippen LogP contribution is -2.41. The van der Waals surface area contributed by atoms with Crippen molar-refractivity contribution in [3.63, 3.8) is 0 Å². The smallest absolute Gasteiger partial charge is 0.239 e. The second-order valence-corrected chi connectivity index (χ2v) is 6.88. The number of imide groups is 1. The zero-order valence-corrected chi connectivity index (χ0v) is 12.5. The van der Waals surface area contributed by atoms with Crippen LogP contribution in [0.3, 0.4) is 0 Å². The Labute approximate surface area is 124 Å². The molecule has 2 atom stereocenters. The Bertz CT molecular complexity index is 581. The number of anilines is 1. The molecule has 21 heavy (non-hydrogen) atoms. The van der Waals surface area contributed by atoms with Crippen molar-refractivity contribution in [2.45, 2.75) is 39.5 Å². The summed E-state index contributed by atoms with van der Waals surface area (Å²) < 4.78 is 0. The van der Waals surface area contributed by atoms with E-state index in [1.54, 1.807) is 0 Å². The molecule has 0 aromatic carbocycles. The van der Waals surface area contributed by atoms with E-state index in [4.69, 9.17) is 0 Å². The Morgan fingerprint density at radius 2 is 1.48 bits per heavy atom. The lowest BCUT2D eigenvalue weighted by Gasteiger charge is -2.42. The third-order valence-electron chi connectivity index (χ3n) is 5.54. The summed E-state index contributed by atoms with van der Waals surface area (Å²) in [6, 6.07) is 3.81. The van der Waals surface area contributed by atoms with Gasteiger partial charge in [0.25, 0.3) is 0 Å². The van der Waals surface area contributed by atoms with Gasteiger partial charge in [0.2, 0.25) is 11.8 Å². The highest BCUT2D eigenvalue weighted by atomic mass is 16.2. The molecule has 0 spiro atoms. The molecule has 1 aromatic heterocycles. The van der Waals surface area contributed by atoms with Gasteiger partial charge in [-0.25, -0.2) is 9.88 Å². The maximum atomic E-state index is 12.8. The Kier molecular flexibility index (Phi) is 2.72. The van der Waals surface area contributed by atoms with Gasteiger partial charge in [-0.3, -0.25) is 9.59 Å². The minimum Gasteiger partial charge on any atom is -0.274 e. The van der Waals surface area contributed by atoms with Crippen molar-refractivity contribution in [1.82, 2.24) is 4.98 Å². The first kappa shape index (κ1) is 13.0. The molecule has 4 fully saturated rings. The zero-order valence-electron chi connectivity index (χ0n) is 12.5. The van der Waals surface area contributed by atoms with Crippen LogP contribution in [0, 0.1) is 37.5 Å². The van der Waals surface area contributed by atoms with Gasteiger partial charge < -0.3 is 0 Å². The quantitative estimate of drug-likeness (QED) is 0.745. The van der Waals surface area contributed by atoms with Crippen LogP contribution in [-0.2, 0) is 9.59 Å². The van der Waals surface area contributed by atoms with Crippen LogP contribution in [-0.4, -0.2) is 16.8 Å². The van der Waals surface area contributed by atoms with Crippen molar-refractivity contribution in [2.24, 2.45) is 23.7 Å². The molecule has 2 heterocycles. The number of hydrogen-bond donors (Lipinski definition) is 0. The summed E-state index contributed by atoms with van der Waals surface area (Å²) >= 11 is 0. The summed E-state index contributed by atoms with van der Waals surface area (Å²) in [4.78, 5) is 31.5. The molecule has 0 N–H and O–H groups in total. The Morgan fingerprint density at radius 3 is 1.95 bits per heavy atom. The molecule has 110 valence electrons. The summed E-state index contributed by atoms with van der Waals surface area (Å²) in [5, 5.41) is 0. The topological polar surface area (TPSA) is 50.3 Å². The van der Waals surface area contributed by atoms with E-state index in [9.17, 15) is 9.59 Å². The van der Waals surface area contributed by atoms with E-state index in [0.717, 1.165) is 36.9 Å². The summed E-state index contributed by atoms with van der Waals surface area (Å²) in [6.45, 7) is 3.87. The van der Waals surface area contributed by atoms with Crippen molar-refractivity contribution in [1.29, 1.82) is 0 Å². The molecule has 4 aliphatic rings. The van der Waals surface area contributed by atoms with Gasteiger partial charge in [0.15, 0.2) is 0 Å². The Balaban J connectivity index is 1.77. The first-order chi connectivity index (χ1) is 10.1. The number of rotatable bonds is 1.